The van der Waals surface area contributed by atoms with E-state index in [1.807, 2.05) is 18.2 Å². The number of rotatable bonds is 3. The summed E-state index contributed by atoms with van der Waals surface area (Å²) in [6.45, 7) is 2.38. The number of carbonyl (C=O) groups excluding carboxylic acids is 1. The van der Waals surface area contributed by atoms with Crippen LogP contribution >= 0.6 is 50.7 Å². The summed E-state index contributed by atoms with van der Waals surface area (Å²) in [6, 6.07) is 12.4. The van der Waals surface area contributed by atoms with Crippen molar-refractivity contribution in [3.8, 4) is 0 Å². The Hall–Kier alpha value is -1.19. The van der Waals surface area contributed by atoms with Gasteiger partial charge in [0.15, 0.2) is 0 Å². The maximum absolute atomic E-state index is 13.3. The maximum atomic E-state index is 13.3. The number of nitrogens with zero attached hydrogens (tertiary/aromatic N) is 3. The summed E-state index contributed by atoms with van der Waals surface area (Å²) in [7, 11) is -3.67. The van der Waals surface area contributed by atoms with Crippen molar-refractivity contribution in [2.24, 2.45) is 0 Å². The average molecular weight is 568 g/mol. The van der Waals surface area contributed by atoms with E-state index in [9.17, 15) is 13.2 Å². The molecule has 0 unspecified atom stereocenters. The summed E-state index contributed by atoms with van der Waals surface area (Å²) >= 11 is 20.5. The van der Waals surface area contributed by atoms with Crippen LogP contribution in [0.5, 0.6) is 0 Å². The second-order valence-corrected chi connectivity index (χ2v) is 12.4. The Balaban J connectivity index is 1.57. The molecule has 1 amide bonds. The fraction of sp³-hybridized carbons (Fsp3) is 0.350. The van der Waals surface area contributed by atoms with Crippen LogP contribution in [0.25, 0.3) is 0 Å². The molecule has 2 aliphatic heterocycles. The molecule has 0 radical (unpaired) electrons. The van der Waals surface area contributed by atoms with Crippen molar-refractivity contribution in [1.29, 1.82) is 0 Å². The van der Waals surface area contributed by atoms with E-state index in [1.165, 1.54) is 9.21 Å². The number of fused-ring (bicyclic) bond motifs is 1. The van der Waals surface area contributed by atoms with E-state index in [1.54, 1.807) is 24.3 Å². The molecule has 31 heavy (non-hydrogen) atoms. The molecular formula is C20H19BrCl3N3O3S. The first-order chi connectivity index (χ1) is 14.6. The molecule has 2 aromatic rings. The number of hydrogen-bond donors (Lipinski definition) is 0. The lowest BCUT2D eigenvalue weighted by molar-refractivity contribution is -0.130. The quantitative estimate of drug-likeness (QED) is 0.522. The predicted molar refractivity (Wildman–Crippen MR) is 128 cm³/mol. The van der Waals surface area contributed by atoms with Crippen molar-refractivity contribution in [1.82, 2.24) is 4.90 Å². The van der Waals surface area contributed by atoms with Gasteiger partial charge in [-0.15, -0.1) is 0 Å². The Bertz CT molecular complexity index is 1120. The number of benzene rings is 2. The van der Waals surface area contributed by atoms with Gasteiger partial charge in [0.1, 0.15) is 0 Å². The van der Waals surface area contributed by atoms with Gasteiger partial charge >= 0.3 is 0 Å². The van der Waals surface area contributed by atoms with E-state index in [-0.39, 0.29) is 4.90 Å². The molecule has 2 aromatic carbocycles. The lowest BCUT2D eigenvalue weighted by atomic mass is 10.1. The molecule has 166 valence electrons. The number of sulfonamides is 1. The van der Waals surface area contributed by atoms with Gasteiger partial charge in [-0.05, 0) is 36.8 Å². The summed E-state index contributed by atoms with van der Waals surface area (Å²) in [5, 5.41) is 0. The van der Waals surface area contributed by atoms with Crippen molar-refractivity contribution >= 4 is 78.0 Å². The molecule has 1 fully saturated rings. The first-order valence-electron chi connectivity index (χ1n) is 9.60. The largest absolute Gasteiger partial charge is 0.368 e. The van der Waals surface area contributed by atoms with E-state index in [0.717, 1.165) is 11.3 Å². The molecule has 0 spiro atoms. The summed E-state index contributed by atoms with van der Waals surface area (Å²) < 4.78 is 26.7. The average Bonchev–Trinajstić information content (AvgIpc) is 3.18. The zero-order chi connectivity index (χ0) is 22.4. The highest BCUT2D eigenvalue weighted by atomic mass is 79.9. The van der Waals surface area contributed by atoms with Gasteiger partial charge in [0, 0.05) is 48.4 Å². The lowest BCUT2D eigenvalue weighted by Gasteiger charge is -2.38. The molecular weight excluding hydrogens is 549 g/mol. The van der Waals surface area contributed by atoms with Gasteiger partial charge in [-0.25, -0.2) is 8.42 Å². The van der Waals surface area contributed by atoms with Crippen LogP contribution in [-0.4, -0.2) is 55.7 Å². The molecule has 0 saturated carbocycles. The Morgan fingerprint density at radius 3 is 2.23 bits per heavy atom. The second kappa shape index (κ2) is 8.63. The molecule has 6 nitrogen and oxygen atoms in total. The first-order valence-corrected chi connectivity index (χ1v) is 13.0. The van der Waals surface area contributed by atoms with Gasteiger partial charge in [0.05, 0.1) is 10.6 Å². The van der Waals surface area contributed by atoms with E-state index in [0.29, 0.717) is 49.3 Å². The van der Waals surface area contributed by atoms with Gasteiger partial charge < -0.3 is 9.80 Å². The Kier molecular flexibility index (Phi) is 6.40. The van der Waals surface area contributed by atoms with Crippen LogP contribution in [0.1, 0.15) is 5.56 Å². The Labute approximate surface area is 204 Å². The normalized spacial score (nSPS) is 17.1. The number of hydrogen-bond acceptors (Lipinski definition) is 4. The number of piperazine rings is 1. The minimum atomic E-state index is -3.67. The summed E-state index contributed by atoms with van der Waals surface area (Å²) in [5.41, 5.74) is 2.66. The fourth-order valence-electron chi connectivity index (χ4n) is 4.02. The third-order valence-corrected chi connectivity index (χ3v) is 8.28. The van der Waals surface area contributed by atoms with Gasteiger partial charge in [-0.3, -0.25) is 9.10 Å². The number of amides is 1. The van der Waals surface area contributed by atoms with Gasteiger partial charge in [-0.2, -0.15) is 0 Å². The Morgan fingerprint density at radius 1 is 0.935 bits per heavy atom. The van der Waals surface area contributed by atoms with E-state index >= 15 is 0 Å². The second-order valence-electron chi connectivity index (χ2n) is 7.34. The number of halogens is 4. The van der Waals surface area contributed by atoms with Crippen molar-refractivity contribution in [2.75, 3.05) is 41.9 Å². The third kappa shape index (κ3) is 4.50. The molecule has 0 aliphatic carbocycles. The monoisotopic (exact) mass is 565 g/mol. The lowest BCUT2D eigenvalue weighted by Crippen LogP contribution is -2.52. The number of alkyl halides is 3. The molecule has 0 N–H and O–H groups in total. The van der Waals surface area contributed by atoms with Crippen LogP contribution in [0, 0.1) is 0 Å². The van der Waals surface area contributed by atoms with Crippen molar-refractivity contribution in [3.05, 3.63) is 52.5 Å². The Morgan fingerprint density at radius 2 is 1.58 bits per heavy atom. The van der Waals surface area contributed by atoms with Crippen LogP contribution in [0.2, 0.25) is 0 Å². The minimum Gasteiger partial charge on any atom is -0.368 e. The fourth-order valence-corrected chi connectivity index (χ4v) is 6.47. The standard InChI is InChI=1S/C20H19BrCl3N3O3S/c21-14-3-1-4-15(13-14)31(29,30)27-8-7-16-17(5-2-6-18(16)27)25-9-11-26(12-10-25)19(28)20(22,23)24/h1-6,13H,7-12H2. The van der Waals surface area contributed by atoms with Gasteiger partial charge in [0.2, 0.25) is 0 Å². The topological polar surface area (TPSA) is 60.9 Å². The summed E-state index contributed by atoms with van der Waals surface area (Å²) in [6.07, 6.45) is 0.617. The highest BCUT2D eigenvalue weighted by Crippen LogP contribution is 2.39. The van der Waals surface area contributed by atoms with Crippen molar-refractivity contribution in [3.63, 3.8) is 0 Å². The molecule has 11 heteroatoms. The van der Waals surface area contributed by atoms with Crippen LogP contribution in [-0.2, 0) is 21.2 Å². The SMILES string of the molecule is O=C(N1CCN(c2cccc3c2CCN3S(=O)(=O)c2cccc(Br)c2)CC1)C(Cl)(Cl)Cl. The zero-order valence-electron chi connectivity index (χ0n) is 16.3. The molecule has 0 aromatic heterocycles. The van der Waals surface area contributed by atoms with Crippen LogP contribution < -0.4 is 9.21 Å². The molecule has 1 saturated heterocycles. The van der Waals surface area contributed by atoms with Crippen LogP contribution in [0.3, 0.4) is 0 Å². The molecule has 2 aliphatic rings. The third-order valence-electron chi connectivity index (χ3n) is 5.49. The first kappa shape index (κ1) is 23.0. The van der Waals surface area contributed by atoms with Crippen LogP contribution in [0.15, 0.2) is 51.8 Å². The molecule has 0 atom stereocenters. The highest BCUT2D eigenvalue weighted by Gasteiger charge is 2.37. The summed E-state index contributed by atoms with van der Waals surface area (Å²) in [4.78, 5) is 16.1. The smallest absolute Gasteiger partial charge is 0.274 e. The van der Waals surface area contributed by atoms with Crippen molar-refractivity contribution in [2.45, 2.75) is 15.1 Å². The van der Waals surface area contributed by atoms with E-state index in [2.05, 4.69) is 20.8 Å². The number of anilines is 2. The van der Waals surface area contributed by atoms with E-state index in [4.69, 9.17) is 34.8 Å². The van der Waals surface area contributed by atoms with Gasteiger partial charge in [-0.1, -0.05) is 62.9 Å². The number of carbonyl (C=O) groups is 1. The zero-order valence-corrected chi connectivity index (χ0v) is 20.9. The molecule has 0 bridgehead atoms. The molecule has 4 rings (SSSR count). The highest BCUT2D eigenvalue weighted by molar-refractivity contribution is 9.10. The van der Waals surface area contributed by atoms with E-state index < -0.39 is 19.7 Å². The van der Waals surface area contributed by atoms with Gasteiger partial charge in [0.25, 0.3) is 19.7 Å². The summed E-state index contributed by atoms with van der Waals surface area (Å²) in [5.74, 6) is -0.526. The van der Waals surface area contributed by atoms with Crippen LogP contribution in [0.4, 0.5) is 11.4 Å². The maximum Gasteiger partial charge on any atom is 0.274 e. The van der Waals surface area contributed by atoms with Crippen molar-refractivity contribution < 1.29 is 13.2 Å². The predicted octanol–water partition coefficient (Wildman–Crippen LogP) is 4.22. The minimum absolute atomic E-state index is 0.249. The molecule has 2 heterocycles.